The second-order valence-electron chi connectivity index (χ2n) is 5.60. The molecule has 2 N–H and O–H groups in total. The molecule has 2 aromatic rings. The predicted octanol–water partition coefficient (Wildman–Crippen LogP) is 1.62. The molecule has 0 atom stereocenters. The average Bonchev–Trinajstić information content (AvgIpc) is 2.96. The molecule has 0 saturated carbocycles. The van der Waals surface area contributed by atoms with Crippen LogP contribution in [0, 0.1) is 0 Å². The molecule has 0 fully saturated rings. The Hall–Kier alpha value is -2.68. The minimum atomic E-state index is -3.80. The lowest BCUT2D eigenvalue weighted by Gasteiger charge is -2.18. The van der Waals surface area contributed by atoms with Gasteiger partial charge in [0.1, 0.15) is 0 Å². The number of benzene rings is 1. The quantitative estimate of drug-likeness (QED) is 0.810. The molecule has 9 heteroatoms. The van der Waals surface area contributed by atoms with Crippen LogP contribution in [0.2, 0.25) is 0 Å². The first kappa shape index (κ1) is 17.2. The summed E-state index contributed by atoms with van der Waals surface area (Å²) in [6.45, 7) is 5.60. The molecule has 1 aromatic carbocycles. The number of hydrogen-bond donors (Lipinski definition) is 2. The Morgan fingerprint density at radius 1 is 1.16 bits per heavy atom. The number of rotatable bonds is 6. The third kappa shape index (κ3) is 3.55. The highest BCUT2D eigenvalue weighted by Crippen LogP contribution is 2.26. The molecule has 1 aliphatic heterocycles. The van der Waals surface area contributed by atoms with Crippen molar-refractivity contribution in [3.8, 4) is 0 Å². The highest BCUT2D eigenvalue weighted by atomic mass is 32.2. The van der Waals surface area contributed by atoms with Gasteiger partial charge in [-0.1, -0.05) is 0 Å². The Kier molecular flexibility index (Phi) is 4.58. The van der Waals surface area contributed by atoms with E-state index in [0.717, 1.165) is 13.1 Å². The Morgan fingerprint density at radius 2 is 1.92 bits per heavy atom. The molecular formula is C16H19N5O3S. The molecule has 25 heavy (non-hydrogen) atoms. The van der Waals surface area contributed by atoms with Gasteiger partial charge in [0.25, 0.3) is 10.0 Å². The smallest absolute Gasteiger partial charge is 0.263 e. The number of carbonyl (C=O) groups is 1. The van der Waals surface area contributed by atoms with E-state index in [-0.39, 0.29) is 23.0 Å². The second kappa shape index (κ2) is 6.67. The summed E-state index contributed by atoms with van der Waals surface area (Å²) in [5.41, 5.74) is 1.31. The Balaban J connectivity index is 1.80. The SMILES string of the molecule is CCN(CC)c1ccc(NS(=O)(=O)c2ccc3c(c2)CC(=O)N3)nn1. The predicted molar refractivity (Wildman–Crippen MR) is 95.2 cm³/mol. The number of hydrogen-bond acceptors (Lipinski definition) is 6. The van der Waals surface area contributed by atoms with Crippen molar-refractivity contribution in [1.82, 2.24) is 10.2 Å². The lowest BCUT2D eigenvalue weighted by Crippen LogP contribution is -2.23. The van der Waals surface area contributed by atoms with Gasteiger partial charge in [-0.25, -0.2) is 8.42 Å². The van der Waals surface area contributed by atoms with Crippen molar-refractivity contribution in [3.05, 3.63) is 35.9 Å². The maximum Gasteiger partial charge on any atom is 0.263 e. The molecule has 0 bridgehead atoms. The summed E-state index contributed by atoms with van der Waals surface area (Å²) in [5, 5.41) is 10.7. The lowest BCUT2D eigenvalue weighted by molar-refractivity contribution is -0.115. The molecule has 2 heterocycles. The zero-order chi connectivity index (χ0) is 18.0. The van der Waals surface area contributed by atoms with Crippen LogP contribution in [0.4, 0.5) is 17.3 Å². The molecular weight excluding hydrogens is 342 g/mol. The molecule has 8 nitrogen and oxygen atoms in total. The first-order valence-electron chi connectivity index (χ1n) is 7.97. The van der Waals surface area contributed by atoms with Crippen molar-refractivity contribution in [2.75, 3.05) is 28.0 Å². The number of anilines is 3. The normalized spacial score (nSPS) is 13.3. The average molecular weight is 361 g/mol. The van der Waals surface area contributed by atoms with Gasteiger partial charge in [0.05, 0.1) is 11.3 Å². The fraction of sp³-hybridized carbons (Fsp3) is 0.312. The van der Waals surface area contributed by atoms with Gasteiger partial charge in [-0.3, -0.25) is 9.52 Å². The van der Waals surface area contributed by atoms with Crippen molar-refractivity contribution in [2.45, 2.75) is 25.2 Å². The molecule has 1 aromatic heterocycles. The van der Waals surface area contributed by atoms with E-state index in [2.05, 4.69) is 20.2 Å². The molecule has 0 radical (unpaired) electrons. The van der Waals surface area contributed by atoms with Gasteiger partial charge < -0.3 is 10.2 Å². The second-order valence-corrected chi connectivity index (χ2v) is 7.28. The van der Waals surface area contributed by atoms with Crippen LogP contribution >= 0.6 is 0 Å². The van der Waals surface area contributed by atoms with Crippen molar-refractivity contribution in [2.24, 2.45) is 0 Å². The molecule has 1 amide bonds. The van der Waals surface area contributed by atoms with Crippen LogP contribution in [0.1, 0.15) is 19.4 Å². The van der Waals surface area contributed by atoms with Gasteiger partial charge in [0.2, 0.25) is 5.91 Å². The molecule has 0 unspecified atom stereocenters. The highest BCUT2D eigenvalue weighted by Gasteiger charge is 2.22. The van der Waals surface area contributed by atoms with Crippen LogP contribution in [-0.4, -0.2) is 37.6 Å². The summed E-state index contributed by atoms with van der Waals surface area (Å²) in [5.74, 6) is 0.691. The number of nitrogens with one attached hydrogen (secondary N) is 2. The Morgan fingerprint density at radius 3 is 2.56 bits per heavy atom. The Labute approximate surface area is 146 Å². The molecule has 132 valence electrons. The van der Waals surface area contributed by atoms with E-state index in [1.165, 1.54) is 12.1 Å². The van der Waals surface area contributed by atoms with E-state index in [0.29, 0.717) is 17.1 Å². The Bertz CT molecular complexity index is 892. The van der Waals surface area contributed by atoms with Gasteiger partial charge in [0.15, 0.2) is 11.6 Å². The molecule has 0 spiro atoms. The monoisotopic (exact) mass is 361 g/mol. The fourth-order valence-electron chi connectivity index (χ4n) is 2.67. The van der Waals surface area contributed by atoms with Gasteiger partial charge >= 0.3 is 0 Å². The van der Waals surface area contributed by atoms with E-state index in [1.807, 2.05) is 18.7 Å². The van der Waals surface area contributed by atoms with E-state index in [9.17, 15) is 13.2 Å². The maximum absolute atomic E-state index is 12.5. The van der Waals surface area contributed by atoms with Crippen molar-refractivity contribution in [3.63, 3.8) is 0 Å². The summed E-state index contributed by atoms with van der Waals surface area (Å²) in [4.78, 5) is 13.5. The molecule has 1 aliphatic rings. The summed E-state index contributed by atoms with van der Waals surface area (Å²) < 4.78 is 27.5. The molecule has 3 rings (SSSR count). The molecule has 0 saturated heterocycles. The third-order valence-electron chi connectivity index (χ3n) is 3.99. The van der Waals surface area contributed by atoms with Gasteiger partial charge in [-0.2, -0.15) is 0 Å². The van der Waals surface area contributed by atoms with Gasteiger partial charge in [-0.15, -0.1) is 10.2 Å². The first-order valence-corrected chi connectivity index (χ1v) is 9.45. The summed E-state index contributed by atoms with van der Waals surface area (Å²) >= 11 is 0. The number of nitrogens with zero attached hydrogens (tertiary/aromatic N) is 3. The zero-order valence-corrected chi connectivity index (χ0v) is 14.8. The first-order chi connectivity index (χ1) is 11.9. The van der Waals surface area contributed by atoms with Crippen LogP contribution < -0.4 is 14.9 Å². The van der Waals surface area contributed by atoms with Crippen LogP contribution in [0.15, 0.2) is 35.2 Å². The van der Waals surface area contributed by atoms with Crippen molar-refractivity contribution in [1.29, 1.82) is 0 Å². The van der Waals surface area contributed by atoms with E-state index in [1.54, 1.807) is 18.2 Å². The highest BCUT2D eigenvalue weighted by molar-refractivity contribution is 7.92. The largest absolute Gasteiger partial charge is 0.356 e. The summed E-state index contributed by atoms with van der Waals surface area (Å²) in [6, 6.07) is 7.83. The number of sulfonamides is 1. The topological polar surface area (TPSA) is 104 Å². The fourth-order valence-corrected chi connectivity index (χ4v) is 3.71. The summed E-state index contributed by atoms with van der Waals surface area (Å²) in [6.07, 6.45) is 0.178. The number of fused-ring (bicyclic) bond motifs is 1. The lowest BCUT2D eigenvalue weighted by atomic mass is 10.2. The minimum Gasteiger partial charge on any atom is -0.356 e. The van der Waals surface area contributed by atoms with Crippen LogP contribution in [0.5, 0.6) is 0 Å². The van der Waals surface area contributed by atoms with Crippen molar-refractivity contribution < 1.29 is 13.2 Å². The summed E-state index contributed by atoms with van der Waals surface area (Å²) in [7, 11) is -3.80. The minimum absolute atomic E-state index is 0.0809. The molecule has 0 aliphatic carbocycles. The standard InChI is InChI=1S/C16H19N5O3S/c1-3-21(4-2)15-8-7-14(18-19-15)20-25(23,24)12-5-6-13-11(9-12)10-16(22)17-13/h5-9H,3-4,10H2,1-2H3,(H,17,22)(H,18,20). The van der Waals surface area contributed by atoms with E-state index in [4.69, 9.17) is 0 Å². The number of amides is 1. The van der Waals surface area contributed by atoms with Crippen molar-refractivity contribution >= 4 is 33.3 Å². The van der Waals surface area contributed by atoms with Gasteiger partial charge in [0, 0.05) is 18.8 Å². The van der Waals surface area contributed by atoms with E-state index >= 15 is 0 Å². The van der Waals surface area contributed by atoms with Crippen LogP contribution in [0.3, 0.4) is 0 Å². The van der Waals surface area contributed by atoms with E-state index < -0.39 is 10.0 Å². The number of carbonyl (C=O) groups excluding carboxylic acids is 1. The zero-order valence-electron chi connectivity index (χ0n) is 14.0. The van der Waals surface area contributed by atoms with Gasteiger partial charge in [-0.05, 0) is 49.7 Å². The maximum atomic E-state index is 12.5. The number of aromatic nitrogens is 2. The third-order valence-corrected chi connectivity index (χ3v) is 5.34. The van der Waals surface area contributed by atoms with Crippen LogP contribution in [-0.2, 0) is 21.2 Å². The van der Waals surface area contributed by atoms with Crippen LogP contribution in [0.25, 0.3) is 0 Å².